The van der Waals surface area contributed by atoms with Crippen molar-refractivity contribution in [3.8, 4) is 0 Å². The van der Waals surface area contributed by atoms with Crippen LogP contribution in [0.4, 0.5) is 0 Å². The number of rotatable bonds is 7. The molecule has 0 radical (unpaired) electrons. The van der Waals surface area contributed by atoms with Crippen molar-refractivity contribution in [2.75, 3.05) is 6.54 Å². The van der Waals surface area contributed by atoms with Crippen molar-refractivity contribution in [3.63, 3.8) is 0 Å². The van der Waals surface area contributed by atoms with E-state index in [0.29, 0.717) is 17.3 Å². The first-order valence-corrected chi connectivity index (χ1v) is 12.6. The molecule has 0 spiro atoms. The van der Waals surface area contributed by atoms with E-state index < -0.39 is 0 Å². The van der Waals surface area contributed by atoms with Gasteiger partial charge < -0.3 is 5.32 Å². The molecule has 3 aliphatic carbocycles. The molecule has 2 nitrogen and oxygen atoms in total. The lowest BCUT2D eigenvalue weighted by Gasteiger charge is -2.62. The summed E-state index contributed by atoms with van der Waals surface area (Å²) >= 11 is 0. The molecular formula is C26H47NO. The summed E-state index contributed by atoms with van der Waals surface area (Å²) in [4.78, 5) is 12.4. The second-order valence-corrected chi connectivity index (χ2v) is 11.6. The first kappa shape index (κ1) is 22.2. The predicted octanol–water partition coefficient (Wildman–Crippen LogP) is 6.98. The molecule has 2 heteroatoms. The van der Waals surface area contributed by atoms with Gasteiger partial charge >= 0.3 is 0 Å². The zero-order valence-corrected chi connectivity index (χ0v) is 19.5. The van der Waals surface area contributed by atoms with Crippen molar-refractivity contribution in [1.82, 2.24) is 5.32 Å². The Morgan fingerprint density at radius 1 is 1.07 bits per heavy atom. The van der Waals surface area contributed by atoms with E-state index in [1.807, 2.05) is 0 Å². The molecule has 3 saturated carbocycles. The number of fused-ring (bicyclic) bond motifs is 3. The van der Waals surface area contributed by atoms with Gasteiger partial charge in [0.15, 0.2) is 0 Å². The summed E-state index contributed by atoms with van der Waals surface area (Å²) in [6.45, 7) is 13.1. The van der Waals surface area contributed by atoms with E-state index in [0.717, 1.165) is 42.6 Å². The first-order chi connectivity index (χ1) is 13.3. The van der Waals surface area contributed by atoms with Gasteiger partial charge in [-0.3, -0.25) is 4.79 Å². The average Bonchev–Trinajstić information content (AvgIpc) is 2.66. The minimum absolute atomic E-state index is 0.285. The van der Waals surface area contributed by atoms with E-state index >= 15 is 0 Å². The summed E-state index contributed by atoms with van der Waals surface area (Å²) in [5.41, 5.74) is 0.804. The predicted molar refractivity (Wildman–Crippen MR) is 119 cm³/mol. The number of hydrogen-bond acceptors (Lipinski definition) is 1. The second kappa shape index (κ2) is 9.09. The number of nitrogens with one attached hydrogen (secondary N) is 1. The van der Waals surface area contributed by atoms with Gasteiger partial charge in [0.1, 0.15) is 0 Å². The molecule has 4 unspecified atom stereocenters. The molecule has 0 aliphatic heterocycles. The first-order valence-electron chi connectivity index (χ1n) is 12.6. The minimum atomic E-state index is 0.285. The molecule has 162 valence electrons. The Hall–Kier alpha value is -0.530. The highest BCUT2D eigenvalue weighted by Gasteiger charge is 2.56. The van der Waals surface area contributed by atoms with Gasteiger partial charge in [0.05, 0.1) is 0 Å². The van der Waals surface area contributed by atoms with E-state index in [2.05, 4.69) is 39.9 Å². The van der Waals surface area contributed by atoms with Crippen LogP contribution in [0.5, 0.6) is 0 Å². The van der Waals surface area contributed by atoms with E-state index in [-0.39, 0.29) is 5.91 Å². The molecule has 0 bridgehead atoms. The van der Waals surface area contributed by atoms with Crippen LogP contribution in [0.2, 0.25) is 0 Å². The van der Waals surface area contributed by atoms with Crippen molar-refractivity contribution >= 4 is 5.91 Å². The van der Waals surface area contributed by atoms with Crippen LogP contribution in [-0.4, -0.2) is 12.5 Å². The fraction of sp³-hybridized carbons (Fsp3) is 0.962. The summed E-state index contributed by atoms with van der Waals surface area (Å²) in [5.74, 6) is 4.79. The van der Waals surface area contributed by atoms with E-state index in [4.69, 9.17) is 0 Å². The summed E-state index contributed by atoms with van der Waals surface area (Å²) < 4.78 is 0. The monoisotopic (exact) mass is 389 g/mol. The molecule has 0 aromatic rings. The van der Waals surface area contributed by atoms with Crippen LogP contribution in [-0.2, 0) is 4.79 Å². The third-order valence-corrected chi connectivity index (χ3v) is 9.44. The summed E-state index contributed by atoms with van der Waals surface area (Å²) in [7, 11) is 0. The van der Waals surface area contributed by atoms with Crippen LogP contribution in [0.25, 0.3) is 0 Å². The Labute approximate surface area is 175 Å². The molecule has 3 aliphatic rings. The highest BCUT2D eigenvalue weighted by Crippen LogP contribution is 2.64. The Balaban J connectivity index is 1.65. The van der Waals surface area contributed by atoms with Crippen LogP contribution in [0.15, 0.2) is 0 Å². The normalized spacial score (nSPS) is 40.6. The molecule has 28 heavy (non-hydrogen) atoms. The molecule has 3 fully saturated rings. The lowest BCUT2D eigenvalue weighted by molar-refractivity contribution is -0.130. The number of carbonyl (C=O) groups excluding carboxylic acids is 1. The number of unbranched alkanes of at least 4 members (excludes halogenated alkanes) is 2. The molecular weight excluding hydrogens is 342 g/mol. The maximum Gasteiger partial charge on any atom is 0.220 e. The molecule has 0 heterocycles. The Bertz CT molecular complexity index is 529. The standard InChI is InChI=1S/C26H47NO/c1-6-7-8-10-24(28)27-18-25(4)15-9-16-26(5)22-13-11-20(19(2)3)17-21(22)12-14-23(25)26/h19-23H,6-18H2,1-5H3,(H,27,28)/t20?,21?,22?,23?,25-,26+/m1/s1. The minimum Gasteiger partial charge on any atom is -0.356 e. The van der Waals surface area contributed by atoms with Gasteiger partial charge in [0.2, 0.25) is 5.91 Å². The third-order valence-electron chi connectivity index (χ3n) is 9.44. The molecule has 0 saturated heterocycles. The smallest absolute Gasteiger partial charge is 0.220 e. The van der Waals surface area contributed by atoms with E-state index in [1.54, 1.807) is 0 Å². The van der Waals surface area contributed by atoms with Gasteiger partial charge in [-0.25, -0.2) is 0 Å². The van der Waals surface area contributed by atoms with Gasteiger partial charge in [-0.1, -0.05) is 53.9 Å². The van der Waals surface area contributed by atoms with Gasteiger partial charge in [0.25, 0.3) is 0 Å². The number of amides is 1. The molecule has 1 amide bonds. The number of carbonyl (C=O) groups is 1. The third kappa shape index (κ3) is 4.46. The van der Waals surface area contributed by atoms with Crippen molar-refractivity contribution in [2.45, 2.75) is 112 Å². The van der Waals surface area contributed by atoms with Crippen LogP contribution in [0.1, 0.15) is 112 Å². The van der Waals surface area contributed by atoms with Gasteiger partial charge in [-0.05, 0) is 91.8 Å². The van der Waals surface area contributed by atoms with Crippen molar-refractivity contribution in [1.29, 1.82) is 0 Å². The summed E-state index contributed by atoms with van der Waals surface area (Å²) in [6, 6.07) is 0. The van der Waals surface area contributed by atoms with E-state index in [1.165, 1.54) is 64.2 Å². The Morgan fingerprint density at radius 2 is 1.86 bits per heavy atom. The highest BCUT2D eigenvalue weighted by molar-refractivity contribution is 5.75. The second-order valence-electron chi connectivity index (χ2n) is 11.6. The summed E-state index contributed by atoms with van der Waals surface area (Å²) in [5, 5.41) is 3.36. The summed E-state index contributed by atoms with van der Waals surface area (Å²) in [6.07, 6.45) is 15.4. The topological polar surface area (TPSA) is 29.1 Å². The van der Waals surface area contributed by atoms with E-state index in [9.17, 15) is 4.79 Å². The SMILES string of the molecule is CCCCCC(=O)NC[C@@]1(C)CCC[C@@]2(C)C3CCC(C(C)C)CC3CCC12. The molecule has 0 aromatic heterocycles. The van der Waals surface area contributed by atoms with Gasteiger partial charge in [0, 0.05) is 13.0 Å². The van der Waals surface area contributed by atoms with Crippen molar-refractivity contribution in [3.05, 3.63) is 0 Å². The lowest BCUT2D eigenvalue weighted by Crippen LogP contribution is -2.56. The fourth-order valence-corrected chi connectivity index (χ4v) is 7.75. The van der Waals surface area contributed by atoms with Gasteiger partial charge in [-0.15, -0.1) is 0 Å². The maximum absolute atomic E-state index is 12.4. The maximum atomic E-state index is 12.4. The van der Waals surface area contributed by atoms with Crippen molar-refractivity contribution in [2.24, 2.45) is 40.4 Å². The molecule has 3 rings (SSSR count). The van der Waals surface area contributed by atoms with Crippen LogP contribution < -0.4 is 5.32 Å². The van der Waals surface area contributed by atoms with Crippen LogP contribution in [0, 0.1) is 40.4 Å². The zero-order valence-electron chi connectivity index (χ0n) is 19.5. The number of hydrogen-bond donors (Lipinski definition) is 1. The van der Waals surface area contributed by atoms with Crippen molar-refractivity contribution < 1.29 is 4.79 Å². The zero-order chi connectivity index (χ0) is 20.4. The quantitative estimate of drug-likeness (QED) is 0.468. The lowest BCUT2D eigenvalue weighted by atomic mass is 9.43. The largest absolute Gasteiger partial charge is 0.356 e. The average molecular weight is 390 g/mol. The van der Waals surface area contributed by atoms with Gasteiger partial charge in [-0.2, -0.15) is 0 Å². The van der Waals surface area contributed by atoms with Crippen LogP contribution >= 0.6 is 0 Å². The Morgan fingerprint density at radius 3 is 2.57 bits per heavy atom. The Kier molecular flexibility index (Phi) is 7.19. The fourth-order valence-electron chi connectivity index (χ4n) is 7.75. The molecule has 0 aromatic carbocycles. The highest BCUT2D eigenvalue weighted by atomic mass is 16.1. The van der Waals surface area contributed by atoms with Crippen LogP contribution in [0.3, 0.4) is 0 Å². The molecule has 1 N–H and O–H groups in total. The molecule has 6 atom stereocenters.